The van der Waals surface area contributed by atoms with Crippen LogP contribution in [0, 0.1) is 5.92 Å². The first-order chi connectivity index (χ1) is 14.4. The number of nitrogens with one attached hydrogen (secondary N) is 2. The molecule has 6 nitrogen and oxygen atoms in total. The first kappa shape index (κ1) is 26.7. The van der Waals surface area contributed by atoms with Crippen molar-refractivity contribution in [3.05, 3.63) is 65.2 Å². The predicted octanol–water partition coefficient (Wildman–Crippen LogP) is 3.95. The molecule has 0 atom stereocenters. The van der Waals surface area contributed by atoms with Gasteiger partial charge in [-0.25, -0.2) is 0 Å². The molecule has 2 N–H and O–H groups in total. The normalized spacial score (nSPS) is 11.0. The summed E-state index contributed by atoms with van der Waals surface area (Å²) in [5.41, 5.74) is 2.95. The lowest BCUT2D eigenvalue weighted by molar-refractivity contribution is 0.0827. The summed E-state index contributed by atoms with van der Waals surface area (Å²) >= 11 is 0. The van der Waals surface area contributed by atoms with Crippen molar-refractivity contribution in [2.24, 2.45) is 10.9 Å². The number of ether oxygens (including phenoxy) is 1. The molecule has 7 heteroatoms. The smallest absolute Gasteiger partial charge is 0.253 e. The molecule has 0 bridgehead atoms. The molecule has 2 rings (SSSR count). The second-order valence-electron chi connectivity index (χ2n) is 7.85. The van der Waals surface area contributed by atoms with Crippen LogP contribution in [0.25, 0.3) is 0 Å². The van der Waals surface area contributed by atoms with Gasteiger partial charge >= 0.3 is 0 Å². The SMILES string of the molecule is CN=C(NCCc1cccc(C(=O)N(C)C)c1)NCc1cccc(OCC(C)C)c1.I. The maximum Gasteiger partial charge on any atom is 0.253 e. The molecule has 31 heavy (non-hydrogen) atoms. The van der Waals surface area contributed by atoms with E-state index in [1.165, 1.54) is 0 Å². The number of carbonyl (C=O) groups is 1. The number of benzene rings is 2. The molecular formula is C24H35IN4O2. The molecule has 0 aliphatic heterocycles. The van der Waals surface area contributed by atoms with Crippen LogP contribution in [0.2, 0.25) is 0 Å². The van der Waals surface area contributed by atoms with Crippen molar-refractivity contribution in [2.75, 3.05) is 34.3 Å². The largest absolute Gasteiger partial charge is 0.493 e. The van der Waals surface area contributed by atoms with E-state index in [0.717, 1.165) is 35.8 Å². The summed E-state index contributed by atoms with van der Waals surface area (Å²) in [5.74, 6) is 2.14. The molecule has 170 valence electrons. The summed E-state index contributed by atoms with van der Waals surface area (Å²) in [4.78, 5) is 18.0. The molecular weight excluding hydrogens is 503 g/mol. The van der Waals surface area contributed by atoms with Gasteiger partial charge in [0.25, 0.3) is 5.91 Å². The number of amides is 1. The molecule has 0 fully saturated rings. The Bertz CT molecular complexity index is 853. The second kappa shape index (κ2) is 13.9. The van der Waals surface area contributed by atoms with Crippen molar-refractivity contribution >= 4 is 35.8 Å². The van der Waals surface area contributed by atoms with Gasteiger partial charge in [-0.05, 0) is 47.7 Å². The fraction of sp³-hybridized carbons (Fsp3) is 0.417. The van der Waals surface area contributed by atoms with Crippen LogP contribution in [-0.2, 0) is 13.0 Å². The minimum absolute atomic E-state index is 0. The Balaban J connectivity index is 0.00000480. The second-order valence-corrected chi connectivity index (χ2v) is 7.85. The molecule has 2 aromatic carbocycles. The molecule has 0 aliphatic rings. The summed E-state index contributed by atoms with van der Waals surface area (Å²) < 4.78 is 5.80. The van der Waals surface area contributed by atoms with Crippen molar-refractivity contribution in [1.82, 2.24) is 15.5 Å². The van der Waals surface area contributed by atoms with Crippen molar-refractivity contribution in [2.45, 2.75) is 26.8 Å². The highest BCUT2D eigenvalue weighted by molar-refractivity contribution is 14.0. The Kier molecular flexibility index (Phi) is 12.0. The first-order valence-corrected chi connectivity index (χ1v) is 10.4. The Labute approximate surface area is 203 Å². The molecule has 0 unspecified atom stereocenters. The van der Waals surface area contributed by atoms with E-state index in [1.807, 2.05) is 36.4 Å². The summed E-state index contributed by atoms with van der Waals surface area (Å²) in [6, 6.07) is 15.9. The quantitative estimate of drug-likeness (QED) is 0.289. The molecule has 0 saturated heterocycles. The number of hydrogen-bond acceptors (Lipinski definition) is 3. The standard InChI is InChI=1S/C24H34N4O2.HI/c1-18(2)17-30-22-11-7-9-20(15-22)16-27-24(25-3)26-13-12-19-8-6-10-21(14-19)23(29)28(4)5;/h6-11,14-15,18H,12-13,16-17H2,1-5H3,(H2,25,26,27);1H. The highest BCUT2D eigenvalue weighted by atomic mass is 127. The van der Waals surface area contributed by atoms with E-state index in [-0.39, 0.29) is 29.9 Å². The van der Waals surface area contributed by atoms with Crippen molar-refractivity contribution < 1.29 is 9.53 Å². The summed E-state index contributed by atoms with van der Waals surface area (Å²) in [7, 11) is 5.28. The molecule has 0 spiro atoms. The number of nitrogens with zero attached hydrogens (tertiary/aromatic N) is 2. The number of carbonyl (C=O) groups excluding carboxylic acids is 1. The summed E-state index contributed by atoms with van der Waals surface area (Å²) in [6.07, 6.45) is 0.799. The third kappa shape index (κ3) is 9.59. The zero-order valence-corrected chi connectivity index (χ0v) is 21.5. The minimum Gasteiger partial charge on any atom is -0.493 e. The van der Waals surface area contributed by atoms with Gasteiger partial charge in [0.15, 0.2) is 5.96 Å². The molecule has 0 aliphatic carbocycles. The maximum atomic E-state index is 12.1. The summed E-state index contributed by atoms with van der Waals surface area (Å²) in [5, 5.41) is 6.66. The van der Waals surface area contributed by atoms with Gasteiger partial charge in [0.2, 0.25) is 0 Å². The first-order valence-electron chi connectivity index (χ1n) is 10.4. The van der Waals surface area contributed by atoms with Gasteiger partial charge in [-0.3, -0.25) is 9.79 Å². The van der Waals surface area contributed by atoms with Crippen LogP contribution in [0.15, 0.2) is 53.5 Å². The zero-order chi connectivity index (χ0) is 21.9. The number of hydrogen-bond donors (Lipinski definition) is 2. The zero-order valence-electron chi connectivity index (χ0n) is 19.1. The van der Waals surface area contributed by atoms with Gasteiger partial charge in [0.1, 0.15) is 5.75 Å². The molecule has 1 amide bonds. The maximum absolute atomic E-state index is 12.1. The average molecular weight is 538 g/mol. The highest BCUT2D eigenvalue weighted by Gasteiger charge is 2.08. The lowest BCUT2D eigenvalue weighted by atomic mass is 10.1. The Morgan fingerprint density at radius 2 is 1.77 bits per heavy atom. The highest BCUT2D eigenvalue weighted by Crippen LogP contribution is 2.14. The Hall–Kier alpha value is -2.29. The van der Waals surface area contributed by atoms with E-state index in [1.54, 1.807) is 26.0 Å². The average Bonchev–Trinajstić information content (AvgIpc) is 2.74. The predicted molar refractivity (Wildman–Crippen MR) is 139 cm³/mol. The van der Waals surface area contributed by atoms with Gasteiger partial charge in [-0.1, -0.05) is 38.1 Å². The van der Waals surface area contributed by atoms with Crippen molar-refractivity contribution in [3.8, 4) is 5.75 Å². The van der Waals surface area contributed by atoms with Gasteiger partial charge in [0.05, 0.1) is 6.61 Å². The molecule has 0 heterocycles. The van der Waals surface area contributed by atoms with E-state index in [0.29, 0.717) is 24.6 Å². The minimum atomic E-state index is 0. The number of aliphatic imine (C=N–C) groups is 1. The third-order valence-electron chi connectivity index (χ3n) is 4.45. The van der Waals surface area contributed by atoms with Crippen LogP contribution in [0.5, 0.6) is 5.75 Å². The van der Waals surface area contributed by atoms with Gasteiger partial charge in [-0.15, -0.1) is 24.0 Å². The fourth-order valence-electron chi connectivity index (χ4n) is 2.86. The molecule has 0 radical (unpaired) electrons. The number of guanidine groups is 1. The number of halogens is 1. The Morgan fingerprint density at radius 1 is 1.06 bits per heavy atom. The van der Waals surface area contributed by atoms with E-state index in [2.05, 4.69) is 41.6 Å². The van der Waals surface area contributed by atoms with Crippen LogP contribution in [0.3, 0.4) is 0 Å². The lowest BCUT2D eigenvalue weighted by Crippen LogP contribution is -2.37. The van der Waals surface area contributed by atoms with E-state index in [4.69, 9.17) is 4.74 Å². The van der Waals surface area contributed by atoms with E-state index >= 15 is 0 Å². The van der Waals surface area contributed by atoms with Crippen LogP contribution in [0.1, 0.15) is 35.3 Å². The molecule has 0 saturated carbocycles. The Morgan fingerprint density at radius 3 is 2.45 bits per heavy atom. The van der Waals surface area contributed by atoms with Crippen molar-refractivity contribution in [3.63, 3.8) is 0 Å². The van der Waals surface area contributed by atoms with Crippen LogP contribution >= 0.6 is 24.0 Å². The topological polar surface area (TPSA) is 66.0 Å². The van der Waals surface area contributed by atoms with Gasteiger partial charge in [-0.2, -0.15) is 0 Å². The summed E-state index contributed by atoms with van der Waals surface area (Å²) in [6.45, 7) is 6.36. The lowest BCUT2D eigenvalue weighted by Gasteiger charge is -2.14. The third-order valence-corrected chi connectivity index (χ3v) is 4.45. The molecule has 0 aromatic heterocycles. The van der Waals surface area contributed by atoms with E-state index in [9.17, 15) is 4.79 Å². The number of rotatable bonds is 9. The van der Waals surface area contributed by atoms with E-state index < -0.39 is 0 Å². The monoisotopic (exact) mass is 538 g/mol. The van der Waals surface area contributed by atoms with Crippen LogP contribution in [0.4, 0.5) is 0 Å². The van der Waals surface area contributed by atoms with Crippen LogP contribution in [-0.4, -0.2) is 51.1 Å². The van der Waals surface area contributed by atoms with Crippen LogP contribution < -0.4 is 15.4 Å². The van der Waals surface area contributed by atoms with Gasteiger partial charge in [0, 0.05) is 39.8 Å². The fourth-order valence-corrected chi connectivity index (χ4v) is 2.86. The van der Waals surface area contributed by atoms with Gasteiger partial charge < -0.3 is 20.3 Å². The van der Waals surface area contributed by atoms with Crippen molar-refractivity contribution in [1.29, 1.82) is 0 Å². The molecule has 2 aromatic rings.